The number of imide groups is 2. The van der Waals surface area contributed by atoms with Crippen LogP contribution in [-0.2, 0) is 19.2 Å². The van der Waals surface area contributed by atoms with Gasteiger partial charge in [0.25, 0.3) is 0 Å². The molecule has 0 radical (unpaired) electrons. The summed E-state index contributed by atoms with van der Waals surface area (Å²) in [6, 6.07) is 26.6. The summed E-state index contributed by atoms with van der Waals surface area (Å²) in [6.45, 7) is 1.84. The van der Waals surface area contributed by atoms with Crippen molar-refractivity contribution in [3.63, 3.8) is 0 Å². The van der Waals surface area contributed by atoms with Gasteiger partial charge in [0.15, 0.2) is 11.5 Å². The lowest BCUT2D eigenvalue weighted by molar-refractivity contribution is -0.131. The fraction of sp³-hybridized carbons (Fsp3) is 0.273. The molecule has 0 unspecified atom stereocenters. The summed E-state index contributed by atoms with van der Waals surface area (Å²) >= 11 is 0. The molecule has 1 saturated carbocycles. The van der Waals surface area contributed by atoms with Crippen LogP contribution in [0.4, 0.5) is 11.4 Å². The molecular weight excluding hydrogens is 684 g/mol. The second-order valence-electron chi connectivity index (χ2n) is 14.5. The third kappa shape index (κ3) is 5.30. The number of hydrogen-bond donors (Lipinski definition) is 1. The number of rotatable bonds is 8. The van der Waals surface area contributed by atoms with Crippen molar-refractivity contribution in [1.82, 2.24) is 0 Å². The summed E-state index contributed by atoms with van der Waals surface area (Å²) < 4.78 is 16.3. The van der Waals surface area contributed by atoms with Crippen LogP contribution < -0.4 is 24.0 Å². The third-order valence-corrected chi connectivity index (χ3v) is 11.9. The predicted octanol–water partition coefficient (Wildman–Crippen LogP) is 7.02. The van der Waals surface area contributed by atoms with E-state index in [9.17, 15) is 24.3 Å². The molecule has 274 valence electrons. The lowest BCUT2D eigenvalue weighted by Gasteiger charge is -2.49. The summed E-state index contributed by atoms with van der Waals surface area (Å²) in [4.78, 5) is 60.2. The number of carbonyl (C=O) groups excluding carboxylic acids is 4. The summed E-state index contributed by atoms with van der Waals surface area (Å²) in [6.07, 6.45) is 6.40. The molecule has 0 aromatic heterocycles. The number of ether oxygens (including phenoxy) is 3. The van der Waals surface area contributed by atoms with E-state index in [1.807, 2.05) is 61.5 Å². The van der Waals surface area contributed by atoms with Gasteiger partial charge in [-0.05, 0) is 91.4 Å². The maximum absolute atomic E-state index is 14.6. The minimum atomic E-state index is -1.20. The molecule has 6 atom stereocenters. The monoisotopic (exact) mass is 724 g/mol. The van der Waals surface area contributed by atoms with Crippen molar-refractivity contribution in [2.75, 3.05) is 31.1 Å². The molecule has 10 nitrogen and oxygen atoms in total. The van der Waals surface area contributed by atoms with Crippen molar-refractivity contribution >= 4 is 47.2 Å². The summed E-state index contributed by atoms with van der Waals surface area (Å²) in [5.41, 5.74) is 2.99. The molecule has 3 fully saturated rings. The number of anilines is 2. The van der Waals surface area contributed by atoms with Crippen molar-refractivity contribution in [2.24, 2.45) is 29.1 Å². The lowest BCUT2D eigenvalue weighted by atomic mass is 9.51. The van der Waals surface area contributed by atoms with Gasteiger partial charge < -0.3 is 19.3 Å². The molecule has 0 spiro atoms. The van der Waals surface area contributed by atoms with E-state index in [1.165, 1.54) is 23.0 Å². The summed E-state index contributed by atoms with van der Waals surface area (Å²) in [7, 11) is 4.67. The van der Waals surface area contributed by atoms with Crippen LogP contribution in [0.3, 0.4) is 0 Å². The SMILES string of the molecule is COc1ccc(OC)c(C=Cc2ccc(N3C(=O)[C@H]4[C@H](CC=C5[C@H]4C[C@H]4C(=O)N(c6ccccc6)C(=O)[C@@]4(C)[C@H]5c4ccc(O)c(OC)c4)C3=O)cc2)c1. The van der Waals surface area contributed by atoms with Crippen LogP contribution >= 0.6 is 0 Å². The van der Waals surface area contributed by atoms with Gasteiger partial charge in [-0.25, -0.2) is 4.90 Å². The Morgan fingerprint density at radius 1 is 0.722 bits per heavy atom. The minimum Gasteiger partial charge on any atom is -0.504 e. The van der Waals surface area contributed by atoms with E-state index in [0.29, 0.717) is 34.9 Å². The number of benzene rings is 4. The fourth-order valence-electron chi connectivity index (χ4n) is 9.24. The first kappa shape index (κ1) is 34.9. The number of amides is 4. The zero-order chi connectivity index (χ0) is 37.9. The number of aromatic hydroxyl groups is 1. The third-order valence-electron chi connectivity index (χ3n) is 11.9. The Labute approximate surface area is 313 Å². The Morgan fingerprint density at radius 3 is 2.15 bits per heavy atom. The van der Waals surface area contributed by atoms with Gasteiger partial charge in [0, 0.05) is 11.5 Å². The summed E-state index contributed by atoms with van der Waals surface area (Å²) in [5.74, 6) is -2.83. The number of carbonyl (C=O) groups is 4. The van der Waals surface area contributed by atoms with Crippen LogP contribution in [0.15, 0.2) is 103 Å². The van der Waals surface area contributed by atoms with Gasteiger partial charge in [0.1, 0.15) is 11.5 Å². The van der Waals surface area contributed by atoms with Gasteiger partial charge in [-0.1, -0.05) is 60.2 Å². The van der Waals surface area contributed by atoms with E-state index >= 15 is 0 Å². The number of fused-ring (bicyclic) bond motifs is 4. The number of allylic oxidation sites excluding steroid dienone is 2. The number of para-hydroxylation sites is 1. The maximum Gasteiger partial charge on any atom is 0.241 e. The molecular formula is C44H40N2O8. The van der Waals surface area contributed by atoms with Crippen LogP contribution in [0.25, 0.3) is 12.2 Å². The molecule has 10 heteroatoms. The van der Waals surface area contributed by atoms with Crippen LogP contribution in [0, 0.1) is 29.1 Å². The minimum absolute atomic E-state index is 0.0542. The first-order valence-corrected chi connectivity index (χ1v) is 18.0. The van der Waals surface area contributed by atoms with Gasteiger partial charge in [-0.3, -0.25) is 24.1 Å². The van der Waals surface area contributed by atoms with Crippen molar-refractivity contribution in [3.05, 3.63) is 119 Å². The van der Waals surface area contributed by atoms with Gasteiger partial charge in [-0.15, -0.1) is 0 Å². The van der Waals surface area contributed by atoms with Crippen molar-refractivity contribution in [1.29, 1.82) is 0 Å². The molecule has 8 rings (SSSR count). The quantitative estimate of drug-likeness (QED) is 0.117. The number of phenols is 1. The first-order chi connectivity index (χ1) is 26.1. The predicted molar refractivity (Wildman–Crippen MR) is 203 cm³/mol. The highest BCUT2D eigenvalue weighted by Gasteiger charge is 2.67. The molecule has 0 bridgehead atoms. The number of nitrogens with zero attached hydrogens (tertiary/aromatic N) is 2. The zero-order valence-corrected chi connectivity index (χ0v) is 30.4. The smallest absolute Gasteiger partial charge is 0.241 e. The van der Waals surface area contributed by atoms with E-state index in [4.69, 9.17) is 14.2 Å². The topological polar surface area (TPSA) is 123 Å². The van der Waals surface area contributed by atoms with Crippen LogP contribution in [0.5, 0.6) is 23.0 Å². The van der Waals surface area contributed by atoms with Gasteiger partial charge >= 0.3 is 0 Å². The molecule has 2 heterocycles. The van der Waals surface area contributed by atoms with Crippen LogP contribution in [-0.4, -0.2) is 50.1 Å². The molecule has 2 aliphatic heterocycles. The summed E-state index contributed by atoms with van der Waals surface area (Å²) in [5, 5.41) is 10.5. The second-order valence-corrected chi connectivity index (χ2v) is 14.5. The van der Waals surface area contributed by atoms with Crippen molar-refractivity contribution in [3.8, 4) is 23.0 Å². The molecule has 4 aliphatic rings. The first-order valence-electron chi connectivity index (χ1n) is 18.0. The molecule has 54 heavy (non-hydrogen) atoms. The normalized spacial score (nSPS) is 26.1. The standard InChI is InChI=1S/C44H40N2O8/c1-44-34(41(49)46(43(44)51)28-8-6-5-7-9-28)24-33-31(39(44)27-14-20-35(47)37(23-27)54-4)18-19-32-38(33)42(50)45(40(32)48)29-15-11-25(12-16-29)10-13-26-22-30(52-2)17-21-36(26)53-3/h5-18,20-23,32-34,38-39,47H,19,24H2,1-4H3/t32-,33+,34-,38-,39-,44+/m0/s1. The highest BCUT2D eigenvalue weighted by atomic mass is 16.5. The Balaban J connectivity index is 1.14. The fourth-order valence-corrected chi connectivity index (χ4v) is 9.24. The lowest BCUT2D eigenvalue weighted by Crippen LogP contribution is -2.48. The average molecular weight is 725 g/mol. The van der Waals surface area contributed by atoms with E-state index in [-0.39, 0.29) is 41.5 Å². The van der Waals surface area contributed by atoms with Gasteiger partial charge in [0.2, 0.25) is 23.6 Å². The Morgan fingerprint density at radius 2 is 1.44 bits per heavy atom. The molecule has 4 amide bonds. The van der Waals surface area contributed by atoms with E-state index in [0.717, 1.165) is 16.7 Å². The van der Waals surface area contributed by atoms with E-state index in [2.05, 4.69) is 0 Å². The van der Waals surface area contributed by atoms with E-state index < -0.39 is 35.0 Å². The molecule has 1 N–H and O–H groups in total. The zero-order valence-electron chi connectivity index (χ0n) is 30.4. The number of phenolic OH excluding ortho intramolecular Hbond substituents is 1. The number of methoxy groups -OCH3 is 3. The van der Waals surface area contributed by atoms with Gasteiger partial charge in [-0.2, -0.15) is 0 Å². The maximum atomic E-state index is 14.6. The highest BCUT2D eigenvalue weighted by molar-refractivity contribution is 6.25. The molecule has 2 saturated heterocycles. The number of hydrogen-bond acceptors (Lipinski definition) is 8. The average Bonchev–Trinajstić information content (AvgIpc) is 3.56. The largest absolute Gasteiger partial charge is 0.504 e. The van der Waals surface area contributed by atoms with E-state index in [1.54, 1.807) is 62.8 Å². The van der Waals surface area contributed by atoms with Crippen LogP contribution in [0.1, 0.15) is 42.4 Å². The van der Waals surface area contributed by atoms with Crippen molar-refractivity contribution < 1.29 is 38.5 Å². The highest BCUT2D eigenvalue weighted by Crippen LogP contribution is 2.64. The Hall–Kier alpha value is -6.16. The van der Waals surface area contributed by atoms with Gasteiger partial charge in [0.05, 0.1) is 55.9 Å². The Kier molecular flexibility index (Phi) is 8.63. The van der Waals surface area contributed by atoms with Crippen LogP contribution in [0.2, 0.25) is 0 Å². The second kappa shape index (κ2) is 13.4. The Bertz CT molecular complexity index is 2250. The van der Waals surface area contributed by atoms with Crippen molar-refractivity contribution in [2.45, 2.75) is 25.7 Å². The molecule has 4 aromatic rings. The molecule has 2 aliphatic carbocycles. The molecule has 4 aromatic carbocycles.